The summed E-state index contributed by atoms with van der Waals surface area (Å²) in [5.74, 6) is 0.880. The van der Waals surface area contributed by atoms with Crippen molar-refractivity contribution in [3.63, 3.8) is 0 Å². The zero-order valence-corrected chi connectivity index (χ0v) is 16.5. The molecule has 0 spiro atoms. The van der Waals surface area contributed by atoms with Crippen LogP contribution >= 0.6 is 11.8 Å². The number of nitrogens with one attached hydrogen (secondary N) is 1. The molecular formula is C20H26N4O2S. The van der Waals surface area contributed by atoms with Crippen LogP contribution in [-0.4, -0.2) is 52.4 Å². The predicted molar refractivity (Wildman–Crippen MR) is 105 cm³/mol. The zero-order chi connectivity index (χ0) is 18.7. The van der Waals surface area contributed by atoms with Crippen molar-refractivity contribution >= 4 is 17.7 Å². The average molecular weight is 387 g/mol. The van der Waals surface area contributed by atoms with E-state index in [1.165, 1.54) is 30.2 Å². The third-order valence-corrected chi connectivity index (χ3v) is 6.37. The summed E-state index contributed by atoms with van der Waals surface area (Å²) in [5, 5.41) is 11.3. The maximum Gasteiger partial charge on any atom is 0.277 e. The molecule has 2 aliphatic rings. The highest BCUT2D eigenvalue weighted by molar-refractivity contribution is 7.99. The van der Waals surface area contributed by atoms with E-state index in [-0.39, 0.29) is 11.9 Å². The number of rotatable bonds is 7. The van der Waals surface area contributed by atoms with Gasteiger partial charge < -0.3 is 14.6 Å². The first-order valence-electron chi connectivity index (χ1n) is 9.63. The maximum atomic E-state index is 12.2. The Morgan fingerprint density at radius 1 is 1.26 bits per heavy atom. The number of carbonyl (C=O) groups is 1. The van der Waals surface area contributed by atoms with Gasteiger partial charge in [-0.1, -0.05) is 42.1 Å². The molecule has 0 bridgehead atoms. The molecule has 1 saturated carbocycles. The van der Waals surface area contributed by atoms with Gasteiger partial charge in [0.25, 0.3) is 5.22 Å². The van der Waals surface area contributed by atoms with Gasteiger partial charge in [-0.05, 0) is 31.2 Å². The Bertz CT molecular complexity index is 767. The number of hydrogen-bond donors (Lipinski definition) is 1. The van der Waals surface area contributed by atoms with Crippen LogP contribution in [0.5, 0.6) is 0 Å². The minimum Gasteiger partial charge on any atom is -0.416 e. The molecule has 1 aliphatic heterocycles. The van der Waals surface area contributed by atoms with E-state index in [2.05, 4.69) is 50.7 Å². The zero-order valence-electron chi connectivity index (χ0n) is 15.7. The van der Waals surface area contributed by atoms with Crippen LogP contribution in [0.2, 0.25) is 0 Å². The highest BCUT2D eigenvalue weighted by Gasteiger charge is 2.45. The van der Waals surface area contributed by atoms with Gasteiger partial charge in [-0.2, -0.15) is 0 Å². The van der Waals surface area contributed by atoms with Crippen molar-refractivity contribution in [2.75, 3.05) is 25.4 Å². The summed E-state index contributed by atoms with van der Waals surface area (Å²) in [6, 6.07) is 11.2. The van der Waals surface area contributed by atoms with Crippen LogP contribution in [0.4, 0.5) is 0 Å². The maximum absolute atomic E-state index is 12.2. The molecule has 144 valence electrons. The molecule has 7 heteroatoms. The predicted octanol–water partition coefficient (Wildman–Crippen LogP) is 2.78. The number of piperidine rings is 1. The molecule has 1 aromatic carbocycles. The third-order valence-electron chi connectivity index (χ3n) is 5.55. The molecule has 1 N–H and O–H groups in total. The fraction of sp³-hybridized carbons (Fsp3) is 0.550. The van der Waals surface area contributed by atoms with Crippen molar-refractivity contribution in [2.24, 2.45) is 0 Å². The van der Waals surface area contributed by atoms with Crippen LogP contribution in [0.1, 0.15) is 37.1 Å². The molecule has 27 heavy (non-hydrogen) atoms. The van der Waals surface area contributed by atoms with Crippen LogP contribution in [0.3, 0.4) is 0 Å². The molecule has 2 aromatic rings. The van der Waals surface area contributed by atoms with Crippen molar-refractivity contribution in [1.82, 2.24) is 20.4 Å². The number of aromatic nitrogens is 2. The Morgan fingerprint density at radius 3 is 2.63 bits per heavy atom. The number of aryl methyl sites for hydroxylation is 1. The normalized spacial score (nSPS) is 19.7. The fourth-order valence-corrected chi connectivity index (χ4v) is 4.49. The fourth-order valence-electron chi connectivity index (χ4n) is 3.88. The number of hydrogen-bond acceptors (Lipinski definition) is 6. The summed E-state index contributed by atoms with van der Waals surface area (Å²) in [5.41, 5.74) is 1.85. The molecule has 1 aromatic heterocycles. The molecule has 2 heterocycles. The molecule has 1 saturated heterocycles. The summed E-state index contributed by atoms with van der Waals surface area (Å²) >= 11 is 1.29. The van der Waals surface area contributed by atoms with Gasteiger partial charge in [0.1, 0.15) is 0 Å². The van der Waals surface area contributed by atoms with E-state index in [4.69, 9.17) is 4.42 Å². The topological polar surface area (TPSA) is 71.3 Å². The molecular weight excluding hydrogens is 360 g/mol. The van der Waals surface area contributed by atoms with Crippen LogP contribution in [0.15, 0.2) is 40.0 Å². The quantitative estimate of drug-likeness (QED) is 0.738. The average Bonchev–Trinajstić information content (AvgIpc) is 3.35. The number of carbonyl (C=O) groups excluding carboxylic acids is 1. The minimum atomic E-state index is 0.0391. The van der Waals surface area contributed by atoms with Gasteiger partial charge in [0.15, 0.2) is 0 Å². The van der Waals surface area contributed by atoms with E-state index >= 15 is 0 Å². The van der Waals surface area contributed by atoms with Crippen LogP contribution in [0, 0.1) is 6.92 Å². The van der Waals surface area contributed by atoms with Gasteiger partial charge in [0, 0.05) is 38.0 Å². The lowest BCUT2D eigenvalue weighted by Crippen LogP contribution is -2.46. The van der Waals surface area contributed by atoms with Gasteiger partial charge >= 0.3 is 0 Å². The summed E-state index contributed by atoms with van der Waals surface area (Å²) < 4.78 is 5.28. The molecule has 4 rings (SSSR count). The Kier molecular flexibility index (Phi) is 5.50. The molecule has 1 aliphatic carbocycles. The lowest BCUT2D eigenvalue weighted by molar-refractivity contribution is -0.119. The van der Waals surface area contributed by atoms with Gasteiger partial charge in [0.2, 0.25) is 11.8 Å². The number of benzene rings is 1. The lowest BCUT2D eigenvalue weighted by atomic mass is 9.94. The van der Waals surface area contributed by atoms with E-state index in [1.807, 2.05) is 0 Å². The number of likely N-dealkylation sites (tertiary alicyclic amines) is 1. The van der Waals surface area contributed by atoms with Gasteiger partial charge in [0.05, 0.1) is 5.75 Å². The van der Waals surface area contributed by atoms with E-state index in [1.54, 1.807) is 6.92 Å². The second-order valence-corrected chi connectivity index (χ2v) is 8.57. The first-order chi connectivity index (χ1) is 13.1. The van der Waals surface area contributed by atoms with Crippen molar-refractivity contribution in [3.05, 3.63) is 41.8 Å². The smallest absolute Gasteiger partial charge is 0.277 e. The summed E-state index contributed by atoms with van der Waals surface area (Å²) in [6.07, 6.45) is 4.61. The second-order valence-electron chi connectivity index (χ2n) is 7.64. The molecule has 0 atom stereocenters. The number of nitrogens with zero attached hydrogens (tertiary/aromatic N) is 3. The SMILES string of the molecule is Cc1nnc(SCC(=O)NC2CCN(CC3(c4ccccc4)CC3)CC2)o1. The van der Waals surface area contributed by atoms with Crippen LogP contribution < -0.4 is 5.32 Å². The van der Waals surface area contributed by atoms with Crippen LogP contribution in [0.25, 0.3) is 0 Å². The Balaban J connectivity index is 1.19. The summed E-state index contributed by atoms with van der Waals surface area (Å²) in [4.78, 5) is 14.7. The standard InChI is InChI=1S/C20H26N4O2S/c1-15-22-23-19(26-15)27-13-18(25)21-17-7-11-24(12-8-17)14-20(9-10-20)16-5-3-2-4-6-16/h2-6,17H,7-14H2,1H3,(H,21,25). The number of thioether (sulfide) groups is 1. The third kappa shape index (κ3) is 4.71. The first-order valence-corrected chi connectivity index (χ1v) is 10.6. The molecule has 6 nitrogen and oxygen atoms in total. The van der Waals surface area contributed by atoms with E-state index in [9.17, 15) is 4.79 Å². The first kappa shape index (κ1) is 18.5. The molecule has 2 fully saturated rings. The second kappa shape index (κ2) is 8.02. The minimum absolute atomic E-state index is 0.0391. The number of amides is 1. The highest BCUT2D eigenvalue weighted by Crippen LogP contribution is 2.48. The highest BCUT2D eigenvalue weighted by atomic mass is 32.2. The van der Waals surface area contributed by atoms with Gasteiger partial charge in [-0.15, -0.1) is 10.2 Å². The summed E-state index contributed by atoms with van der Waals surface area (Å²) in [6.45, 7) is 4.99. The largest absolute Gasteiger partial charge is 0.416 e. The van der Waals surface area contributed by atoms with Crippen molar-refractivity contribution in [3.8, 4) is 0 Å². The van der Waals surface area contributed by atoms with Crippen molar-refractivity contribution < 1.29 is 9.21 Å². The molecule has 1 amide bonds. The van der Waals surface area contributed by atoms with Gasteiger partial charge in [-0.3, -0.25) is 4.79 Å². The molecule has 0 unspecified atom stereocenters. The van der Waals surface area contributed by atoms with Crippen molar-refractivity contribution in [1.29, 1.82) is 0 Å². The Labute approximate surface area is 164 Å². The molecule has 0 radical (unpaired) electrons. The van der Waals surface area contributed by atoms with E-state index < -0.39 is 0 Å². The van der Waals surface area contributed by atoms with E-state index in [0.717, 1.165) is 32.5 Å². The van der Waals surface area contributed by atoms with Gasteiger partial charge in [-0.25, -0.2) is 0 Å². The monoisotopic (exact) mass is 386 g/mol. The van der Waals surface area contributed by atoms with Crippen LogP contribution in [-0.2, 0) is 10.2 Å². The van der Waals surface area contributed by atoms with Crippen molar-refractivity contribution in [2.45, 2.75) is 49.3 Å². The lowest BCUT2D eigenvalue weighted by Gasteiger charge is -2.35. The Morgan fingerprint density at radius 2 is 2.00 bits per heavy atom. The summed E-state index contributed by atoms with van der Waals surface area (Å²) in [7, 11) is 0. The Hall–Kier alpha value is -1.86. The van der Waals surface area contributed by atoms with E-state index in [0.29, 0.717) is 22.3 Å².